The lowest BCUT2D eigenvalue weighted by Crippen LogP contribution is -2.10. The third-order valence-corrected chi connectivity index (χ3v) is 4.22. The molecule has 138 valence electrons. The number of hydrogen-bond donors (Lipinski definition) is 0. The van der Waals surface area contributed by atoms with Crippen molar-refractivity contribution in [1.29, 1.82) is 0 Å². The van der Waals surface area contributed by atoms with Gasteiger partial charge in [0.1, 0.15) is 24.7 Å². The zero-order valence-electron chi connectivity index (χ0n) is 14.9. The first-order valence-electron chi connectivity index (χ1n) is 8.46. The maximum absolute atomic E-state index is 11.8. The van der Waals surface area contributed by atoms with Gasteiger partial charge in [-0.1, -0.05) is 41.9 Å². The molecule has 5 heteroatoms. The van der Waals surface area contributed by atoms with Gasteiger partial charge in [0.2, 0.25) is 0 Å². The maximum Gasteiger partial charge on any atom is 0.330 e. The van der Waals surface area contributed by atoms with Crippen LogP contribution in [0.15, 0.2) is 66.7 Å². The van der Waals surface area contributed by atoms with Crippen molar-refractivity contribution in [3.63, 3.8) is 0 Å². The van der Waals surface area contributed by atoms with Gasteiger partial charge in [-0.3, -0.25) is 0 Å². The van der Waals surface area contributed by atoms with E-state index in [2.05, 4.69) is 0 Å². The van der Waals surface area contributed by atoms with E-state index in [9.17, 15) is 4.79 Å². The molecule has 0 saturated carbocycles. The second-order valence-electron chi connectivity index (χ2n) is 5.75. The maximum atomic E-state index is 11.8. The Balaban J connectivity index is 1.50. The number of halogens is 1. The predicted molar refractivity (Wildman–Crippen MR) is 107 cm³/mol. The van der Waals surface area contributed by atoms with Gasteiger partial charge in [-0.15, -0.1) is 0 Å². The molecule has 0 saturated heterocycles. The highest BCUT2D eigenvalue weighted by Crippen LogP contribution is 2.23. The molecule has 3 rings (SSSR count). The summed E-state index contributed by atoms with van der Waals surface area (Å²) in [4.78, 5) is 11.8. The van der Waals surface area contributed by atoms with Crippen LogP contribution in [0.3, 0.4) is 0 Å². The summed E-state index contributed by atoms with van der Waals surface area (Å²) < 4.78 is 15.8. The Morgan fingerprint density at radius 2 is 1.78 bits per heavy atom. The fraction of sp³-hybridized carbons (Fsp3) is 0.136. The van der Waals surface area contributed by atoms with E-state index >= 15 is 0 Å². The van der Waals surface area contributed by atoms with Gasteiger partial charge >= 0.3 is 5.97 Å². The first-order valence-corrected chi connectivity index (χ1v) is 8.83. The summed E-state index contributed by atoms with van der Waals surface area (Å²) in [5.74, 6) is 0.958. The quantitative estimate of drug-likeness (QED) is 0.322. The van der Waals surface area contributed by atoms with Gasteiger partial charge in [0.25, 0.3) is 0 Å². The van der Waals surface area contributed by atoms with Crippen LogP contribution < -0.4 is 9.47 Å². The molecule has 27 heavy (non-hydrogen) atoms. The molecule has 0 aliphatic rings. The standard InChI is InChI=1S/C22H19ClO4/c1-25-19-10-9-17-14-16(6-8-18(17)15-19)7-11-22(24)27-13-12-26-21-5-3-2-4-20(21)23/h2-11,14-15H,12-13H2,1H3/b11-7+. The highest BCUT2D eigenvalue weighted by Gasteiger charge is 2.02. The van der Waals surface area contributed by atoms with Gasteiger partial charge in [-0.25, -0.2) is 4.79 Å². The topological polar surface area (TPSA) is 44.8 Å². The van der Waals surface area contributed by atoms with E-state index in [4.69, 9.17) is 25.8 Å². The fourth-order valence-electron chi connectivity index (χ4n) is 2.54. The number of ether oxygens (including phenoxy) is 3. The largest absolute Gasteiger partial charge is 0.497 e. The van der Waals surface area contributed by atoms with Crippen LogP contribution in [0.25, 0.3) is 16.8 Å². The number of fused-ring (bicyclic) bond motifs is 1. The summed E-state index contributed by atoms with van der Waals surface area (Å²) in [7, 11) is 1.64. The number of hydrogen-bond acceptors (Lipinski definition) is 4. The molecule has 0 unspecified atom stereocenters. The highest BCUT2D eigenvalue weighted by molar-refractivity contribution is 6.32. The molecule has 4 nitrogen and oxygen atoms in total. The Labute approximate surface area is 162 Å². The van der Waals surface area contributed by atoms with Crippen molar-refractivity contribution in [3.05, 3.63) is 77.3 Å². The van der Waals surface area contributed by atoms with Crippen LogP contribution in [0.2, 0.25) is 5.02 Å². The van der Waals surface area contributed by atoms with Crippen molar-refractivity contribution in [2.45, 2.75) is 0 Å². The number of rotatable bonds is 7. The Bertz CT molecular complexity index is 965. The van der Waals surface area contributed by atoms with E-state index in [0.29, 0.717) is 10.8 Å². The average Bonchev–Trinajstić information content (AvgIpc) is 2.70. The van der Waals surface area contributed by atoms with Crippen molar-refractivity contribution in [1.82, 2.24) is 0 Å². The molecule has 0 radical (unpaired) electrons. The SMILES string of the molecule is COc1ccc2cc(/C=C/C(=O)OCCOc3ccccc3Cl)ccc2c1. The lowest BCUT2D eigenvalue weighted by Gasteiger charge is -2.07. The number of methoxy groups -OCH3 is 1. The second kappa shape index (κ2) is 9.10. The van der Waals surface area contributed by atoms with E-state index in [1.807, 2.05) is 48.5 Å². The van der Waals surface area contributed by atoms with Crippen LogP contribution in [0.4, 0.5) is 0 Å². The molecule has 0 bridgehead atoms. The molecule has 0 fully saturated rings. The molecule has 0 N–H and O–H groups in total. The zero-order chi connectivity index (χ0) is 19.1. The van der Waals surface area contributed by atoms with Crippen LogP contribution in [0.1, 0.15) is 5.56 Å². The highest BCUT2D eigenvalue weighted by atomic mass is 35.5. The molecule has 0 heterocycles. The predicted octanol–water partition coefficient (Wildman–Crippen LogP) is 5.14. The van der Waals surface area contributed by atoms with Gasteiger partial charge in [0.05, 0.1) is 12.1 Å². The van der Waals surface area contributed by atoms with Crippen molar-refractivity contribution in [3.8, 4) is 11.5 Å². The summed E-state index contributed by atoms with van der Waals surface area (Å²) in [6.45, 7) is 0.382. The van der Waals surface area contributed by atoms with E-state index in [1.165, 1.54) is 6.08 Å². The Morgan fingerprint density at radius 1 is 1.00 bits per heavy atom. The molecule has 3 aromatic carbocycles. The van der Waals surface area contributed by atoms with E-state index in [0.717, 1.165) is 22.1 Å². The molecular weight excluding hydrogens is 364 g/mol. The van der Waals surface area contributed by atoms with Gasteiger partial charge in [0, 0.05) is 6.08 Å². The number of carbonyl (C=O) groups excluding carboxylic acids is 1. The van der Waals surface area contributed by atoms with E-state index < -0.39 is 5.97 Å². The smallest absolute Gasteiger partial charge is 0.330 e. The minimum Gasteiger partial charge on any atom is -0.497 e. The third kappa shape index (κ3) is 5.25. The Morgan fingerprint density at radius 3 is 2.59 bits per heavy atom. The normalized spacial score (nSPS) is 10.9. The van der Waals surface area contributed by atoms with Crippen molar-refractivity contribution >= 4 is 34.4 Å². The van der Waals surface area contributed by atoms with Gasteiger partial charge in [-0.2, -0.15) is 0 Å². The monoisotopic (exact) mass is 382 g/mol. The minimum atomic E-state index is -0.424. The first-order chi connectivity index (χ1) is 13.2. The summed E-state index contributed by atoms with van der Waals surface area (Å²) in [6, 6.07) is 18.9. The van der Waals surface area contributed by atoms with E-state index in [-0.39, 0.29) is 13.2 Å². The van der Waals surface area contributed by atoms with E-state index in [1.54, 1.807) is 25.3 Å². The summed E-state index contributed by atoms with van der Waals surface area (Å²) in [5, 5.41) is 2.67. The molecule has 0 spiro atoms. The number of carbonyl (C=O) groups is 1. The first kappa shape index (κ1) is 18.8. The minimum absolute atomic E-state index is 0.145. The molecule has 0 aromatic heterocycles. The molecule has 0 aliphatic heterocycles. The van der Waals surface area contributed by atoms with Crippen molar-refractivity contribution in [2.75, 3.05) is 20.3 Å². The Hall–Kier alpha value is -2.98. The van der Waals surface area contributed by atoms with Crippen molar-refractivity contribution in [2.24, 2.45) is 0 Å². The van der Waals surface area contributed by atoms with Crippen LogP contribution in [-0.4, -0.2) is 26.3 Å². The molecular formula is C22H19ClO4. The van der Waals surface area contributed by atoms with Crippen LogP contribution in [0, 0.1) is 0 Å². The van der Waals surface area contributed by atoms with Crippen molar-refractivity contribution < 1.29 is 19.0 Å². The summed E-state index contributed by atoms with van der Waals surface area (Å²) in [5.41, 5.74) is 0.914. The average molecular weight is 383 g/mol. The molecule has 3 aromatic rings. The number of benzene rings is 3. The lowest BCUT2D eigenvalue weighted by molar-refractivity contribution is -0.138. The number of esters is 1. The Kier molecular flexibility index (Phi) is 6.34. The van der Waals surface area contributed by atoms with Gasteiger partial charge in [0.15, 0.2) is 0 Å². The second-order valence-corrected chi connectivity index (χ2v) is 6.16. The van der Waals surface area contributed by atoms with Gasteiger partial charge in [-0.05, 0) is 52.7 Å². The zero-order valence-corrected chi connectivity index (χ0v) is 15.6. The molecule has 0 aliphatic carbocycles. The molecule has 0 amide bonds. The van der Waals surface area contributed by atoms with Crippen LogP contribution in [-0.2, 0) is 9.53 Å². The van der Waals surface area contributed by atoms with Crippen LogP contribution >= 0.6 is 11.6 Å². The molecule has 0 atom stereocenters. The fourth-order valence-corrected chi connectivity index (χ4v) is 2.73. The lowest BCUT2D eigenvalue weighted by atomic mass is 10.1. The third-order valence-electron chi connectivity index (χ3n) is 3.91. The van der Waals surface area contributed by atoms with Gasteiger partial charge < -0.3 is 14.2 Å². The summed E-state index contributed by atoms with van der Waals surface area (Å²) in [6.07, 6.45) is 3.13. The number of para-hydroxylation sites is 1. The summed E-state index contributed by atoms with van der Waals surface area (Å²) >= 11 is 5.99. The van der Waals surface area contributed by atoms with Crippen LogP contribution in [0.5, 0.6) is 11.5 Å².